The molecular weight excluding hydrogens is 230 g/mol. The summed E-state index contributed by atoms with van der Waals surface area (Å²) in [5, 5.41) is -0.00130. The van der Waals surface area contributed by atoms with Crippen LogP contribution in [0.3, 0.4) is 0 Å². The molecule has 0 aliphatic rings. The third kappa shape index (κ3) is 2.67. The first kappa shape index (κ1) is 12.1. The molecule has 2 aromatic rings. The van der Waals surface area contributed by atoms with Crippen molar-refractivity contribution in [2.24, 2.45) is 0 Å². The van der Waals surface area contributed by atoms with Crippen molar-refractivity contribution in [3.8, 4) is 0 Å². The number of alkyl halides is 1. The molecule has 0 aliphatic heterocycles. The first-order chi connectivity index (χ1) is 8.20. The number of hydrogen-bond acceptors (Lipinski definition) is 1. The molecular formula is C15H16ClN. The van der Waals surface area contributed by atoms with E-state index in [-0.39, 0.29) is 11.3 Å². The second-order valence-corrected chi connectivity index (χ2v) is 4.80. The van der Waals surface area contributed by atoms with E-state index in [9.17, 15) is 0 Å². The van der Waals surface area contributed by atoms with Gasteiger partial charge in [0.25, 0.3) is 0 Å². The fourth-order valence-corrected chi connectivity index (χ4v) is 2.39. The summed E-state index contributed by atoms with van der Waals surface area (Å²) in [6.45, 7) is 4.25. The summed E-state index contributed by atoms with van der Waals surface area (Å²) in [6.07, 6.45) is 3.63. The van der Waals surface area contributed by atoms with Gasteiger partial charge in [-0.05, 0) is 35.7 Å². The summed E-state index contributed by atoms with van der Waals surface area (Å²) >= 11 is 6.58. The highest BCUT2D eigenvalue weighted by atomic mass is 35.5. The van der Waals surface area contributed by atoms with Crippen molar-refractivity contribution in [2.75, 3.05) is 0 Å². The number of hydrogen-bond donors (Lipinski definition) is 0. The zero-order chi connectivity index (χ0) is 12.3. The van der Waals surface area contributed by atoms with Crippen molar-refractivity contribution in [1.29, 1.82) is 0 Å². The van der Waals surface area contributed by atoms with Crippen LogP contribution in [-0.4, -0.2) is 4.98 Å². The molecule has 2 heteroatoms. The van der Waals surface area contributed by atoms with Crippen molar-refractivity contribution in [3.05, 3.63) is 65.5 Å². The van der Waals surface area contributed by atoms with E-state index in [2.05, 4.69) is 31.0 Å². The lowest BCUT2D eigenvalue weighted by Gasteiger charge is -2.20. The molecule has 0 saturated carbocycles. The van der Waals surface area contributed by atoms with E-state index in [0.717, 1.165) is 0 Å². The first-order valence-electron chi connectivity index (χ1n) is 5.79. The summed E-state index contributed by atoms with van der Waals surface area (Å²) in [5.74, 6) is 0.278. The molecule has 0 spiro atoms. The van der Waals surface area contributed by atoms with E-state index >= 15 is 0 Å². The Morgan fingerprint density at radius 2 is 1.71 bits per heavy atom. The summed E-state index contributed by atoms with van der Waals surface area (Å²) in [7, 11) is 0. The Labute approximate surface area is 107 Å². The van der Waals surface area contributed by atoms with Crippen LogP contribution in [0.25, 0.3) is 0 Å². The normalized spacial score (nSPS) is 14.3. The predicted octanol–water partition coefficient (Wildman–Crippen LogP) is 4.47. The maximum atomic E-state index is 6.58. The Balaban J connectivity index is 2.27. The number of pyridine rings is 1. The number of rotatable bonds is 3. The Morgan fingerprint density at radius 3 is 2.35 bits per heavy atom. The van der Waals surface area contributed by atoms with E-state index in [1.165, 1.54) is 16.7 Å². The van der Waals surface area contributed by atoms with Crippen molar-refractivity contribution in [2.45, 2.75) is 25.1 Å². The molecule has 88 valence electrons. The minimum absolute atomic E-state index is 0.00130. The van der Waals surface area contributed by atoms with Gasteiger partial charge < -0.3 is 0 Å². The summed E-state index contributed by atoms with van der Waals surface area (Å²) in [5.41, 5.74) is 3.68. The van der Waals surface area contributed by atoms with Crippen LogP contribution in [0.5, 0.6) is 0 Å². The van der Waals surface area contributed by atoms with Crippen LogP contribution >= 0.6 is 11.6 Å². The largest absolute Gasteiger partial charge is 0.265 e. The molecule has 2 rings (SSSR count). The number of halogens is 1. The number of benzene rings is 1. The van der Waals surface area contributed by atoms with E-state index < -0.39 is 0 Å². The van der Waals surface area contributed by atoms with Crippen LogP contribution in [0.15, 0.2) is 48.8 Å². The topological polar surface area (TPSA) is 12.9 Å². The maximum Gasteiger partial charge on any atom is 0.0653 e. The smallest absolute Gasteiger partial charge is 0.0653 e. The van der Waals surface area contributed by atoms with Crippen LogP contribution in [0.2, 0.25) is 0 Å². The molecule has 0 saturated heterocycles. The molecule has 2 atom stereocenters. The van der Waals surface area contributed by atoms with Crippen molar-refractivity contribution in [3.63, 3.8) is 0 Å². The lowest BCUT2D eigenvalue weighted by molar-refractivity contribution is 0.727. The average Bonchev–Trinajstić information content (AvgIpc) is 2.39. The van der Waals surface area contributed by atoms with Gasteiger partial charge in [-0.1, -0.05) is 31.2 Å². The van der Waals surface area contributed by atoms with Crippen molar-refractivity contribution in [1.82, 2.24) is 4.98 Å². The van der Waals surface area contributed by atoms with Gasteiger partial charge in [0.2, 0.25) is 0 Å². The third-order valence-electron chi connectivity index (χ3n) is 3.16. The molecule has 0 radical (unpaired) electrons. The number of nitrogens with zero attached hydrogens (tertiary/aromatic N) is 1. The van der Waals surface area contributed by atoms with Gasteiger partial charge in [-0.25, -0.2) is 0 Å². The molecule has 1 aromatic carbocycles. The zero-order valence-corrected chi connectivity index (χ0v) is 10.9. The highest BCUT2D eigenvalue weighted by Crippen LogP contribution is 2.36. The van der Waals surface area contributed by atoms with Crippen LogP contribution in [0, 0.1) is 6.92 Å². The number of aryl methyl sites for hydroxylation is 1. The van der Waals surface area contributed by atoms with E-state index in [1.807, 2.05) is 36.7 Å². The van der Waals surface area contributed by atoms with Gasteiger partial charge in [-0.3, -0.25) is 4.98 Å². The summed E-state index contributed by atoms with van der Waals surface area (Å²) < 4.78 is 0. The molecule has 0 aliphatic carbocycles. The van der Waals surface area contributed by atoms with E-state index in [1.54, 1.807) is 0 Å². The first-order valence-corrected chi connectivity index (χ1v) is 6.23. The van der Waals surface area contributed by atoms with Crippen molar-refractivity contribution >= 4 is 11.6 Å². The quantitative estimate of drug-likeness (QED) is 0.727. The van der Waals surface area contributed by atoms with Gasteiger partial charge in [-0.15, -0.1) is 11.6 Å². The molecule has 1 nitrogen and oxygen atoms in total. The van der Waals surface area contributed by atoms with Crippen LogP contribution in [0.4, 0.5) is 0 Å². The Hall–Kier alpha value is -1.34. The second-order valence-electron chi connectivity index (χ2n) is 4.33. The lowest BCUT2D eigenvalue weighted by Crippen LogP contribution is -2.04. The van der Waals surface area contributed by atoms with Gasteiger partial charge in [0.1, 0.15) is 0 Å². The van der Waals surface area contributed by atoms with Gasteiger partial charge in [0.05, 0.1) is 5.38 Å². The molecule has 1 aromatic heterocycles. The Morgan fingerprint density at radius 1 is 1.06 bits per heavy atom. The standard InChI is InChI=1S/C15H16ClN/c1-11-5-3-4-6-14(11)15(16)12(2)13-7-9-17-10-8-13/h3-10,12,15H,1-2H3. The van der Waals surface area contributed by atoms with E-state index in [0.29, 0.717) is 0 Å². The monoisotopic (exact) mass is 245 g/mol. The predicted molar refractivity (Wildman–Crippen MR) is 72.4 cm³/mol. The second kappa shape index (κ2) is 5.33. The summed E-state index contributed by atoms with van der Waals surface area (Å²) in [4.78, 5) is 4.03. The zero-order valence-electron chi connectivity index (χ0n) is 10.1. The van der Waals surface area contributed by atoms with Crippen LogP contribution < -0.4 is 0 Å². The molecule has 0 N–H and O–H groups in total. The highest BCUT2D eigenvalue weighted by molar-refractivity contribution is 6.21. The SMILES string of the molecule is Cc1ccccc1C(Cl)C(C)c1ccncc1. The average molecular weight is 246 g/mol. The fourth-order valence-electron chi connectivity index (χ4n) is 2.00. The Bertz CT molecular complexity index is 481. The van der Waals surface area contributed by atoms with E-state index in [4.69, 9.17) is 11.6 Å². The van der Waals surface area contributed by atoms with Crippen LogP contribution in [-0.2, 0) is 0 Å². The molecule has 1 heterocycles. The summed E-state index contributed by atoms with van der Waals surface area (Å²) in [6, 6.07) is 12.3. The fraction of sp³-hybridized carbons (Fsp3) is 0.267. The lowest BCUT2D eigenvalue weighted by atomic mass is 9.92. The van der Waals surface area contributed by atoms with Gasteiger partial charge in [0, 0.05) is 18.3 Å². The van der Waals surface area contributed by atoms with Gasteiger partial charge >= 0.3 is 0 Å². The molecule has 2 unspecified atom stereocenters. The highest BCUT2D eigenvalue weighted by Gasteiger charge is 2.19. The van der Waals surface area contributed by atoms with Gasteiger partial charge in [0.15, 0.2) is 0 Å². The molecule has 17 heavy (non-hydrogen) atoms. The Kier molecular flexibility index (Phi) is 3.80. The minimum atomic E-state index is -0.00130. The van der Waals surface area contributed by atoms with Gasteiger partial charge in [-0.2, -0.15) is 0 Å². The molecule has 0 bridgehead atoms. The maximum absolute atomic E-state index is 6.58. The molecule has 0 amide bonds. The van der Waals surface area contributed by atoms with Crippen LogP contribution in [0.1, 0.15) is 34.9 Å². The van der Waals surface area contributed by atoms with Crippen molar-refractivity contribution < 1.29 is 0 Å². The minimum Gasteiger partial charge on any atom is -0.265 e. The number of aromatic nitrogens is 1. The third-order valence-corrected chi connectivity index (χ3v) is 3.77. The molecule has 0 fully saturated rings.